The van der Waals surface area contributed by atoms with Crippen molar-refractivity contribution in [3.63, 3.8) is 0 Å². The van der Waals surface area contributed by atoms with E-state index in [4.69, 9.17) is 27.9 Å². The quantitative estimate of drug-likeness (QED) is 0.880. The molecule has 1 fully saturated rings. The fourth-order valence-corrected chi connectivity index (χ4v) is 3.28. The summed E-state index contributed by atoms with van der Waals surface area (Å²) in [5.74, 6) is -0.389. The Bertz CT molecular complexity index is 574. The summed E-state index contributed by atoms with van der Waals surface area (Å²) in [5.41, 5.74) is 0.395. The molecule has 7 heteroatoms. The van der Waals surface area contributed by atoms with Crippen LogP contribution in [0.15, 0.2) is 18.2 Å². The molecule has 0 radical (unpaired) electrons. The molecular formula is C16H20Cl2N2O3. The summed E-state index contributed by atoms with van der Waals surface area (Å²) in [4.78, 5) is 26.7. The Kier molecular flexibility index (Phi) is 6.27. The van der Waals surface area contributed by atoms with E-state index in [1.807, 2.05) is 6.92 Å². The topological polar surface area (TPSA) is 58.6 Å². The Morgan fingerprint density at radius 3 is 2.61 bits per heavy atom. The van der Waals surface area contributed by atoms with E-state index in [2.05, 4.69) is 5.32 Å². The van der Waals surface area contributed by atoms with Crippen molar-refractivity contribution in [3.05, 3.63) is 33.8 Å². The molecule has 0 saturated carbocycles. The number of nitrogens with one attached hydrogen (secondary N) is 1. The van der Waals surface area contributed by atoms with Gasteiger partial charge in [0.05, 0.1) is 6.61 Å². The van der Waals surface area contributed by atoms with E-state index in [0.29, 0.717) is 35.2 Å². The van der Waals surface area contributed by atoms with Gasteiger partial charge in [0.15, 0.2) is 0 Å². The number of likely N-dealkylation sites (tertiary alicyclic amines) is 1. The Morgan fingerprint density at radius 2 is 2.00 bits per heavy atom. The number of carbonyl (C=O) groups is 2. The van der Waals surface area contributed by atoms with Crippen molar-refractivity contribution in [1.82, 2.24) is 10.2 Å². The van der Waals surface area contributed by atoms with Crippen LogP contribution in [0.1, 0.15) is 30.1 Å². The lowest BCUT2D eigenvalue weighted by atomic mass is 10.1. The second-order valence-corrected chi connectivity index (χ2v) is 6.55. The number of hydrogen-bond donors (Lipinski definition) is 1. The molecule has 2 amide bonds. The number of ether oxygens (including phenoxy) is 1. The number of halogens is 2. The van der Waals surface area contributed by atoms with Crippen LogP contribution in [0.5, 0.6) is 0 Å². The van der Waals surface area contributed by atoms with Crippen LogP contribution >= 0.6 is 23.2 Å². The molecule has 2 unspecified atom stereocenters. The van der Waals surface area contributed by atoms with Crippen molar-refractivity contribution in [2.24, 2.45) is 0 Å². The molecule has 1 saturated heterocycles. The zero-order chi connectivity index (χ0) is 17.0. The van der Waals surface area contributed by atoms with Gasteiger partial charge in [0, 0.05) is 35.3 Å². The first-order valence-corrected chi connectivity index (χ1v) is 8.24. The van der Waals surface area contributed by atoms with Gasteiger partial charge in [0.1, 0.15) is 6.04 Å². The predicted octanol–water partition coefficient (Wildman–Crippen LogP) is 2.75. The lowest BCUT2D eigenvalue weighted by Crippen LogP contribution is -2.49. The maximum atomic E-state index is 12.7. The van der Waals surface area contributed by atoms with E-state index in [-0.39, 0.29) is 17.9 Å². The van der Waals surface area contributed by atoms with Crippen LogP contribution in [0, 0.1) is 0 Å². The van der Waals surface area contributed by atoms with Crippen molar-refractivity contribution in [3.8, 4) is 0 Å². The van der Waals surface area contributed by atoms with Gasteiger partial charge < -0.3 is 15.0 Å². The van der Waals surface area contributed by atoms with Crippen LogP contribution in [0.4, 0.5) is 0 Å². The van der Waals surface area contributed by atoms with Crippen molar-refractivity contribution in [1.29, 1.82) is 0 Å². The van der Waals surface area contributed by atoms with Gasteiger partial charge in [-0.25, -0.2) is 0 Å². The van der Waals surface area contributed by atoms with Gasteiger partial charge >= 0.3 is 0 Å². The zero-order valence-electron chi connectivity index (χ0n) is 13.1. The van der Waals surface area contributed by atoms with E-state index < -0.39 is 6.04 Å². The molecule has 1 aromatic carbocycles. The number of amides is 2. The van der Waals surface area contributed by atoms with Crippen molar-refractivity contribution >= 4 is 35.0 Å². The summed E-state index contributed by atoms with van der Waals surface area (Å²) >= 11 is 11.9. The van der Waals surface area contributed by atoms with Gasteiger partial charge in [-0.05, 0) is 38.0 Å². The molecule has 126 valence electrons. The minimum atomic E-state index is -0.473. The molecule has 1 heterocycles. The molecule has 1 N–H and O–H groups in total. The van der Waals surface area contributed by atoms with E-state index in [9.17, 15) is 9.59 Å². The van der Waals surface area contributed by atoms with Crippen LogP contribution in [0.3, 0.4) is 0 Å². The Balaban J connectivity index is 2.11. The van der Waals surface area contributed by atoms with Crippen LogP contribution in [-0.2, 0) is 9.53 Å². The van der Waals surface area contributed by atoms with Crippen molar-refractivity contribution < 1.29 is 14.3 Å². The molecule has 2 rings (SSSR count). The summed E-state index contributed by atoms with van der Waals surface area (Å²) in [5, 5.41) is 3.67. The lowest BCUT2D eigenvalue weighted by molar-refractivity contribution is -0.125. The molecule has 1 aliphatic heterocycles. The highest BCUT2D eigenvalue weighted by atomic mass is 35.5. The predicted molar refractivity (Wildman–Crippen MR) is 90.0 cm³/mol. The van der Waals surface area contributed by atoms with Crippen LogP contribution in [-0.4, -0.2) is 49.1 Å². The van der Waals surface area contributed by atoms with E-state index in [1.165, 1.54) is 0 Å². The highest BCUT2D eigenvalue weighted by Crippen LogP contribution is 2.24. The molecule has 1 aliphatic rings. The Hall–Kier alpha value is -1.30. The number of hydrogen-bond acceptors (Lipinski definition) is 3. The number of methoxy groups -OCH3 is 1. The third kappa shape index (κ3) is 4.59. The smallest absolute Gasteiger partial charge is 0.254 e. The first-order chi connectivity index (χ1) is 10.9. The highest BCUT2D eigenvalue weighted by molar-refractivity contribution is 6.35. The van der Waals surface area contributed by atoms with E-state index in [1.54, 1.807) is 30.2 Å². The Labute approximate surface area is 145 Å². The minimum Gasteiger partial charge on any atom is -0.383 e. The first kappa shape index (κ1) is 18.0. The molecule has 2 atom stereocenters. The molecule has 0 aromatic heterocycles. The summed E-state index contributed by atoms with van der Waals surface area (Å²) in [7, 11) is 1.58. The van der Waals surface area contributed by atoms with Gasteiger partial charge in [-0.3, -0.25) is 9.59 Å². The highest BCUT2D eigenvalue weighted by Gasteiger charge is 2.35. The molecular weight excluding hydrogens is 339 g/mol. The van der Waals surface area contributed by atoms with Gasteiger partial charge in [0.2, 0.25) is 5.91 Å². The standard InChI is InChI=1S/C16H20Cl2N2O3/c1-10(9-23-2)19-15(21)14-4-3-5-20(14)16(22)11-6-12(17)8-13(18)7-11/h6-8,10,14H,3-5,9H2,1-2H3,(H,19,21). The fourth-order valence-electron chi connectivity index (χ4n) is 2.76. The average molecular weight is 359 g/mol. The number of nitrogens with zero attached hydrogens (tertiary/aromatic N) is 1. The normalized spacial score (nSPS) is 18.8. The minimum absolute atomic E-state index is 0.106. The molecule has 23 heavy (non-hydrogen) atoms. The largest absolute Gasteiger partial charge is 0.383 e. The maximum Gasteiger partial charge on any atom is 0.254 e. The number of benzene rings is 1. The number of rotatable bonds is 5. The first-order valence-electron chi connectivity index (χ1n) is 7.48. The van der Waals surface area contributed by atoms with Crippen molar-refractivity contribution in [2.45, 2.75) is 31.8 Å². The summed E-state index contributed by atoms with van der Waals surface area (Å²) in [6, 6.07) is 4.12. The second kappa shape index (κ2) is 7.99. The summed E-state index contributed by atoms with van der Waals surface area (Å²) in [6.45, 7) is 2.83. The molecule has 5 nitrogen and oxygen atoms in total. The van der Waals surface area contributed by atoms with Crippen LogP contribution in [0.25, 0.3) is 0 Å². The fraction of sp³-hybridized carbons (Fsp3) is 0.500. The van der Waals surface area contributed by atoms with E-state index in [0.717, 1.165) is 6.42 Å². The zero-order valence-corrected chi connectivity index (χ0v) is 14.7. The third-order valence-corrected chi connectivity index (χ3v) is 4.17. The summed E-state index contributed by atoms with van der Waals surface area (Å²) in [6.07, 6.45) is 1.43. The Morgan fingerprint density at radius 1 is 1.35 bits per heavy atom. The van der Waals surface area contributed by atoms with Gasteiger partial charge in [-0.15, -0.1) is 0 Å². The van der Waals surface area contributed by atoms with Gasteiger partial charge in [-0.1, -0.05) is 23.2 Å². The van der Waals surface area contributed by atoms with Crippen molar-refractivity contribution in [2.75, 3.05) is 20.3 Å². The van der Waals surface area contributed by atoms with Crippen LogP contribution in [0.2, 0.25) is 10.0 Å². The summed E-state index contributed by atoms with van der Waals surface area (Å²) < 4.78 is 5.01. The average Bonchev–Trinajstić information content (AvgIpc) is 2.95. The van der Waals surface area contributed by atoms with Gasteiger partial charge in [0.25, 0.3) is 5.91 Å². The van der Waals surface area contributed by atoms with Gasteiger partial charge in [-0.2, -0.15) is 0 Å². The molecule has 1 aromatic rings. The number of carbonyl (C=O) groups excluding carboxylic acids is 2. The molecule has 0 aliphatic carbocycles. The molecule has 0 bridgehead atoms. The van der Waals surface area contributed by atoms with Crippen LogP contribution < -0.4 is 5.32 Å². The maximum absolute atomic E-state index is 12.7. The second-order valence-electron chi connectivity index (χ2n) is 5.68. The SMILES string of the molecule is COCC(C)NC(=O)C1CCCN1C(=O)c1cc(Cl)cc(Cl)c1. The van der Waals surface area contributed by atoms with E-state index >= 15 is 0 Å². The lowest BCUT2D eigenvalue weighted by Gasteiger charge is -2.25. The third-order valence-electron chi connectivity index (χ3n) is 3.73. The monoisotopic (exact) mass is 358 g/mol. The molecule has 0 spiro atoms.